The lowest BCUT2D eigenvalue weighted by Gasteiger charge is -2.49. The van der Waals surface area contributed by atoms with E-state index >= 15 is 0 Å². The predicted octanol–water partition coefficient (Wildman–Crippen LogP) is -6.96. The molecule has 0 amide bonds. The summed E-state index contributed by atoms with van der Waals surface area (Å²) >= 11 is 0. The lowest BCUT2D eigenvalue weighted by Crippen LogP contribution is -2.62. The first-order valence-corrected chi connectivity index (χ1v) is 15.6. The zero-order valence-electron chi connectivity index (χ0n) is 25.4. The Morgan fingerprint density at radius 2 is 0.717 bits per heavy atom. The Labute approximate surface area is 264 Å². The molecule has 0 aromatic carbocycles. The van der Waals surface area contributed by atoms with E-state index in [0.29, 0.717) is 0 Å². The molecule has 18 heteroatoms. The van der Waals surface area contributed by atoms with Crippen molar-refractivity contribution >= 4 is 0 Å². The summed E-state index contributed by atoms with van der Waals surface area (Å²) in [5.74, 6) is -2.22. The van der Waals surface area contributed by atoms with Crippen molar-refractivity contribution < 1.29 is 90.1 Å². The second-order valence-electron chi connectivity index (χ2n) is 12.7. The minimum absolute atomic E-state index is 0.0698. The normalized spacial score (nSPS) is 52.0. The fourth-order valence-electron chi connectivity index (χ4n) is 7.14. The minimum Gasteiger partial charge on any atom is -0.394 e. The molecule has 20 atom stereocenters. The lowest BCUT2D eigenvalue weighted by atomic mass is 9.75. The summed E-state index contributed by atoms with van der Waals surface area (Å²) in [5.41, 5.74) is 0. The van der Waals surface area contributed by atoms with Gasteiger partial charge in [-0.3, -0.25) is 0 Å². The van der Waals surface area contributed by atoms with Crippen molar-refractivity contribution in [1.82, 2.24) is 0 Å². The summed E-state index contributed by atoms with van der Waals surface area (Å²) in [6, 6.07) is 0. The highest BCUT2D eigenvalue weighted by atomic mass is 16.7. The van der Waals surface area contributed by atoms with Gasteiger partial charge in [0.2, 0.25) is 0 Å². The molecule has 12 unspecified atom stereocenters. The van der Waals surface area contributed by atoms with Gasteiger partial charge in [0.25, 0.3) is 0 Å². The Morgan fingerprint density at radius 1 is 0.391 bits per heavy atom. The molecule has 0 spiro atoms. The quantitative estimate of drug-likeness (QED) is 0.0968. The Morgan fingerprint density at radius 3 is 1.22 bits per heavy atom. The fourth-order valence-corrected chi connectivity index (χ4v) is 7.14. The molecule has 0 aromatic rings. The van der Waals surface area contributed by atoms with Crippen LogP contribution in [0.4, 0.5) is 0 Å². The molecular weight excluding hydrogens is 624 g/mol. The summed E-state index contributed by atoms with van der Waals surface area (Å²) in [4.78, 5) is 0. The molecule has 0 saturated carbocycles. The third kappa shape index (κ3) is 7.69. The maximum absolute atomic E-state index is 11.5. The maximum Gasteiger partial charge on any atom is 0.184 e. The van der Waals surface area contributed by atoms with Crippen molar-refractivity contribution in [2.75, 3.05) is 26.9 Å². The van der Waals surface area contributed by atoms with Gasteiger partial charge in [-0.2, -0.15) is 0 Å². The van der Waals surface area contributed by atoms with E-state index in [0.717, 1.165) is 0 Å². The van der Waals surface area contributed by atoms with Crippen molar-refractivity contribution in [3.8, 4) is 0 Å². The average molecular weight is 675 g/mol. The highest BCUT2D eigenvalue weighted by molar-refractivity contribution is 5.01. The van der Waals surface area contributed by atoms with Crippen LogP contribution in [0, 0.1) is 11.8 Å². The Bertz CT molecular complexity index is 913. The van der Waals surface area contributed by atoms with Crippen molar-refractivity contribution in [3.63, 3.8) is 0 Å². The standard InChI is InChI=1S/C28H50O18/c1-42-28-21(35)10(20(34)15(6-29)46-28)5-13-19(33)9(4-14-23(37)27(41)25(39)17(8-31)45-14)18(32)11(43-13)2-3-12-22(36)26(40)24(38)16(7-30)44-12/h9-41H,2-8H2,1H3/t9?,10?,11?,12-,13-,14-,15?,16?,17?,18-,19?,20-,21?,22?,23?,24+,25+,26?,27?,28+/m0/s1. The van der Waals surface area contributed by atoms with Gasteiger partial charge in [0.15, 0.2) is 6.29 Å². The largest absolute Gasteiger partial charge is 0.394 e. The molecule has 4 rings (SSSR count). The van der Waals surface area contributed by atoms with Gasteiger partial charge in [0.05, 0.1) is 62.5 Å². The summed E-state index contributed by atoms with van der Waals surface area (Å²) < 4.78 is 27.8. The number of hydrogen-bond donors (Lipinski definition) is 13. The number of hydrogen-bond acceptors (Lipinski definition) is 18. The first kappa shape index (κ1) is 38.1. The van der Waals surface area contributed by atoms with Crippen LogP contribution < -0.4 is 0 Å². The average Bonchev–Trinajstić information content (AvgIpc) is 3.05. The van der Waals surface area contributed by atoms with Crippen LogP contribution in [-0.2, 0) is 23.7 Å². The topological polar surface area (TPSA) is 309 Å². The van der Waals surface area contributed by atoms with E-state index in [9.17, 15) is 66.4 Å². The molecule has 4 fully saturated rings. The van der Waals surface area contributed by atoms with Crippen LogP contribution in [0.25, 0.3) is 0 Å². The van der Waals surface area contributed by atoms with E-state index in [1.807, 2.05) is 0 Å². The first-order chi connectivity index (χ1) is 21.8. The molecule has 0 bridgehead atoms. The number of aliphatic hydroxyl groups excluding tert-OH is 13. The zero-order chi connectivity index (χ0) is 34.0. The van der Waals surface area contributed by atoms with Crippen LogP contribution >= 0.6 is 0 Å². The molecule has 270 valence electrons. The Hall–Kier alpha value is -0.720. The number of methoxy groups -OCH3 is 1. The Kier molecular flexibility index (Phi) is 13.5. The summed E-state index contributed by atoms with van der Waals surface area (Å²) in [7, 11) is 1.25. The van der Waals surface area contributed by atoms with Gasteiger partial charge in [-0.25, -0.2) is 0 Å². The molecule has 46 heavy (non-hydrogen) atoms. The molecule has 4 heterocycles. The third-order valence-electron chi connectivity index (χ3n) is 9.97. The lowest BCUT2D eigenvalue weighted by molar-refractivity contribution is -0.292. The van der Waals surface area contributed by atoms with E-state index in [1.165, 1.54) is 7.11 Å². The van der Waals surface area contributed by atoms with Gasteiger partial charge in [0.1, 0.15) is 61.0 Å². The fraction of sp³-hybridized carbons (Fsp3) is 1.00. The van der Waals surface area contributed by atoms with Gasteiger partial charge in [-0.05, 0) is 25.7 Å². The number of ether oxygens (including phenoxy) is 5. The second-order valence-corrected chi connectivity index (χ2v) is 12.7. The molecule has 4 aliphatic rings. The molecule has 18 nitrogen and oxygen atoms in total. The second kappa shape index (κ2) is 16.3. The Balaban J connectivity index is 1.57. The monoisotopic (exact) mass is 674 g/mol. The van der Waals surface area contributed by atoms with Crippen LogP contribution in [-0.4, -0.2) is 203 Å². The van der Waals surface area contributed by atoms with Crippen LogP contribution in [0.5, 0.6) is 0 Å². The van der Waals surface area contributed by atoms with Gasteiger partial charge in [-0.1, -0.05) is 0 Å². The van der Waals surface area contributed by atoms with Gasteiger partial charge < -0.3 is 90.1 Å². The molecule has 0 radical (unpaired) electrons. The molecule has 13 N–H and O–H groups in total. The number of aliphatic hydroxyl groups is 13. The molecule has 4 aliphatic heterocycles. The molecule has 0 aliphatic carbocycles. The van der Waals surface area contributed by atoms with Gasteiger partial charge in [-0.15, -0.1) is 0 Å². The van der Waals surface area contributed by atoms with Gasteiger partial charge in [0, 0.05) is 18.9 Å². The highest BCUT2D eigenvalue weighted by Gasteiger charge is 2.53. The van der Waals surface area contributed by atoms with Crippen LogP contribution in [0.15, 0.2) is 0 Å². The molecule has 0 aromatic heterocycles. The maximum atomic E-state index is 11.5. The highest BCUT2D eigenvalue weighted by Crippen LogP contribution is 2.40. The van der Waals surface area contributed by atoms with Crippen LogP contribution in [0.2, 0.25) is 0 Å². The van der Waals surface area contributed by atoms with E-state index < -0.39 is 142 Å². The minimum atomic E-state index is -1.71. The number of rotatable bonds is 11. The van der Waals surface area contributed by atoms with Crippen molar-refractivity contribution in [2.24, 2.45) is 11.8 Å². The summed E-state index contributed by atoms with van der Waals surface area (Å²) in [6.45, 7) is -1.96. The smallest absolute Gasteiger partial charge is 0.184 e. The molecular formula is C28H50O18. The molecule has 4 saturated heterocycles. The van der Waals surface area contributed by atoms with Crippen LogP contribution in [0.3, 0.4) is 0 Å². The van der Waals surface area contributed by atoms with E-state index in [4.69, 9.17) is 23.7 Å². The van der Waals surface area contributed by atoms with Crippen LogP contribution in [0.1, 0.15) is 25.7 Å². The summed E-state index contributed by atoms with van der Waals surface area (Å²) in [5, 5.41) is 136. The van der Waals surface area contributed by atoms with E-state index in [-0.39, 0.29) is 25.7 Å². The first-order valence-electron chi connectivity index (χ1n) is 15.6. The van der Waals surface area contributed by atoms with Crippen molar-refractivity contribution in [2.45, 2.75) is 136 Å². The van der Waals surface area contributed by atoms with Gasteiger partial charge >= 0.3 is 0 Å². The zero-order valence-corrected chi connectivity index (χ0v) is 25.4. The van der Waals surface area contributed by atoms with E-state index in [2.05, 4.69) is 0 Å². The predicted molar refractivity (Wildman–Crippen MR) is 148 cm³/mol. The van der Waals surface area contributed by atoms with Crippen molar-refractivity contribution in [1.29, 1.82) is 0 Å². The summed E-state index contributed by atoms with van der Waals surface area (Å²) in [6.07, 6.45) is -25.8. The van der Waals surface area contributed by atoms with Crippen molar-refractivity contribution in [3.05, 3.63) is 0 Å². The third-order valence-corrected chi connectivity index (χ3v) is 9.97. The van der Waals surface area contributed by atoms with E-state index in [1.54, 1.807) is 0 Å². The SMILES string of the molecule is CO[C@@H]1OC(CO)[C@@H](O)C(C[C@@H]2OC(CC[C@@H]3OC(CO)[C@@H](O)C(O)C3O)[C@@H](O)C(C[C@@H]3OC(CO)[C@@H](O)C(O)C3O)C2O)C1O.